The van der Waals surface area contributed by atoms with Crippen LogP contribution < -0.4 is 10.1 Å². The third kappa shape index (κ3) is 7.64. The summed E-state index contributed by atoms with van der Waals surface area (Å²) in [5, 5.41) is 6.24. The van der Waals surface area contributed by atoms with E-state index in [0.717, 1.165) is 85.9 Å². The molecule has 6 nitrogen and oxygen atoms in total. The molecule has 0 aromatic carbocycles. The number of carbonyl (C=O) groups is 1. The van der Waals surface area contributed by atoms with Crippen molar-refractivity contribution in [3.05, 3.63) is 26.7 Å². The van der Waals surface area contributed by atoms with Gasteiger partial charge in [-0.25, -0.2) is 9.97 Å². The van der Waals surface area contributed by atoms with Crippen LogP contribution in [0.5, 0.6) is 5.19 Å². The minimum atomic E-state index is -4.34. The van der Waals surface area contributed by atoms with Gasteiger partial charge in [0.2, 0.25) is 5.91 Å². The van der Waals surface area contributed by atoms with Crippen molar-refractivity contribution in [1.29, 1.82) is 0 Å². The van der Waals surface area contributed by atoms with Crippen molar-refractivity contribution in [3.63, 3.8) is 0 Å². The Bertz CT molecular complexity index is 929. The van der Waals surface area contributed by atoms with Crippen molar-refractivity contribution in [3.8, 4) is 5.19 Å². The minimum absolute atomic E-state index is 0.0614. The fourth-order valence-electron chi connectivity index (χ4n) is 4.71. The molecule has 0 saturated heterocycles. The Morgan fingerprint density at radius 2 is 1.97 bits per heavy atom. The summed E-state index contributed by atoms with van der Waals surface area (Å²) >= 11 is 2.82. The number of ether oxygens (including phenoxy) is 1. The van der Waals surface area contributed by atoms with Gasteiger partial charge in [-0.1, -0.05) is 11.3 Å². The number of hydrogen-bond donors (Lipinski definition) is 1. The number of alkyl halides is 3. The summed E-state index contributed by atoms with van der Waals surface area (Å²) in [5.41, 5.74) is 1.73. The van der Waals surface area contributed by atoms with Gasteiger partial charge in [-0.3, -0.25) is 4.79 Å². The van der Waals surface area contributed by atoms with Crippen LogP contribution in [-0.4, -0.2) is 59.2 Å². The molecule has 4 rings (SSSR count). The van der Waals surface area contributed by atoms with Gasteiger partial charge in [0.25, 0.3) is 5.19 Å². The van der Waals surface area contributed by atoms with Crippen molar-refractivity contribution in [1.82, 2.24) is 20.2 Å². The van der Waals surface area contributed by atoms with Crippen LogP contribution in [0.2, 0.25) is 0 Å². The third-order valence-electron chi connectivity index (χ3n) is 6.51. The molecule has 3 heterocycles. The van der Waals surface area contributed by atoms with E-state index in [4.69, 9.17) is 4.74 Å². The van der Waals surface area contributed by atoms with Crippen LogP contribution in [0.4, 0.5) is 13.2 Å². The lowest BCUT2D eigenvalue weighted by molar-refractivity contribution is -0.153. The van der Waals surface area contributed by atoms with Crippen LogP contribution in [0.1, 0.15) is 53.4 Å². The molecule has 1 saturated carbocycles. The van der Waals surface area contributed by atoms with Crippen molar-refractivity contribution in [2.24, 2.45) is 5.92 Å². The number of aryl methyl sites for hydroxylation is 1. The van der Waals surface area contributed by atoms with Crippen LogP contribution in [0.15, 0.2) is 5.38 Å². The smallest absolute Gasteiger partial charge is 0.422 e. The first-order chi connectivity index (χ1) is 16.2. The molecule has 0 unspecified atom stereocenters. The highest BCUT2D eigenvalue weighted by molar-refractivity contribution is 7.13. The normalized spacial score (nSPS) is 21.6. The Hall–Kier alpha value is -1.72. The van der Waals surface area contributed by atoms with Gasteiger partial charge in [0.1, 0.15) is 0 Å². The van der Waals surface area contributed by atoms with Gasteiger partial charge >= 0.3 is 6.18 Å². The van der Waals surface area contributed by atoms with Crippen LogP contribution in [0, 0.1) is 12.8 Å². The summed E-state index contributed by atoms with van der Waals surface area (Å²) in [6, 6.07) is 0.262. The summed E-state index contributed by atoms with van der Waals surface area (Å²) in [6.07, 6.45) is 3.01. The molecular weight excluding hydrogens is 485 g/mol. The summed E-state index contributed by atoms with van der Waals surface area (Å²) in [5.74, 6) is 0.735. The maximum atomic E-state index is 12.4. The zero-order chi connectivity index (χ0) is 24.1. The average molecular weight is 517 g/mol. The molecule has 2 aromatic heterocycles. The van der Waals surface area contributed by atoms with Crippen LogP contribution in [-0.2, 0) is 24.1 Å². The lowest BCUT2D eigenvalue weighted by Gasteiger charge is -2.30. The van der Waals surface area contributed by atoms with Gasteiger partial charge in [0.15, 0.2) is 6.61 Å². The van der Waals surface area contributed by atoms with E-state index in [9.17, 15) is 18.0 Å². The zero-order valence-corrected chi connectivity index (χ0v) is 21.0. The summed E-state index contributed by atoms with van der Waals surface area (Å²) < 4.78 is 41.9. The Balaban J connectivity index is 1.13. The third-order valence-corrected chi connectivity index (χ3v) is 8.40. The number of aromatic nitrogens is 2. The Morgan fingerprint density at radius 3 is 2.68 bits per heavy atom. The quantitative estimate of drug-likeness (QED) is 0.557. The monoisotopic (exact) mass is 516 g/mol. The van der Waals surface area contributed by atoms with Crippen molar-refractivity contribution >= 4 is 28.6 Å². The number of amides is 1. The van der Waals surface area contributed by atoms with E-state index < -0.39 is 12.8 Å². The van der Waals surface area contributed by atoms with E-state index in [-0.39, 0.29) is 17.1 Å². The molecular formula is C23H31F3N4O2S2. The molecule has 0 atom stereocenters. The number of fused-ring (bicyclic) bond motifs is 1. The van der Waals surface area contributed by atoms with E-state index in [1.54, 1.807) is 11.3 Å². The molecule has 0 radical (unpaired) electrons. The first-order valence-electron chi connectivity index (χ1n) is 11.8. The molecule has 188 valence electrons. The summed E-state index contributed by atoms with van der Waals surface area (Å²) in [4.78, 5) is 24.4. The van der Waals surface area contributed by atoms with Gasteiger partial charge in [-0.15, -0.1) is 11.3 Å². The fraction of sp³-hybridized carbons (Fsp3) is 0.696. The largest absolute Gasteiger partial charge is 0.460 e. The first kappa shape index (κ1) is 25.4. The van der Waals surface area contributed by atoms with E-state index in [0.29, 0.717) is 12.3 Å². The van der Waals surface area contributed by atoms with Gasteiger partial charge in [0.05, 0.1) is 22.8 Å². The fourth-order valence-corrected chi connectivity index (χ4v) is 6.26. The molecule has 34 heavy (non-hydrogen) atoms. The summed E-state index contributed by atoms with van der Waals surface area (Å²) in [7, 11) is 0. The summed E-state index contributed by atoms with van der Waals surface area (Å²) in [6.45, 7) is 3.45. The molecule has 1 amide bonds. The van der Waals surface area contributed by atoms with E-state index in [2.05, 4.69) is 20.2 Å². The van der Waals surface area contributed by atoms with Crippen LogP contribution in [0.25, 0.3) is 0 Å². The predicted octanol–water partition coefficient (Wildman–Crippen LogP) is 4.56. The molecule has 1 aliphatic heterocycles. The number of thiazole rings is 2. The molecule has 1 N–H and O–H groups in total. The van der Waals surface area contributed by atoms with Gasteiger partial charge < -0.3 is 15.0 Å². The van der Waals surface area contributed by atoms with E-state index in [1.807, 2.05) is 12.3 Å². The molecule has 2 aromatic rings. The molecule has 0 bridgehead atoms. The molecule has 2 aliphatic rings. The average Bonchev–Trinajstić information content (AvgIpc) is 3.32. The van der Waals surface area contributed by atoms with Gasteiger partial charge in [0, 0.05) is 35.8 Å². The van der Waals surface area contributed by atoms with Crippen molar-refractivity contribution in [2.45, 2.75) is 70.5 Å². The molecule has 11 heteroatoms. The minimum Gasteiger partial charge on any atom is -0.460 e. The van der Waals surface area contributed by atoms with Crippen LogP contribution in [0.3, 0.4) is 0 Å². The number of hydrogen-bond acceptors (Lipinski definition) is 7. The highest BCUT2D eigenvalue weighted by Gasteiger charge is 2.30. The SMILES string of the molecule is Cc1nc(CC(=O)N[C@H]2CC[C@H](CCN3CCc4nc(OCC(F)(F)F)sc4CC3)CC2)cs1. The Labute approximate surface area is 205 Å². The number of rotatable bonds is 8. The zero-order valence-electron chi connectivity index (χ0n) is 19.3. The van der Waals surface area contributed by atoms with Crippen LogP contribution >= 0.6 is 22.7 Å². The number of nitrogens with zero attached hydrogens (tertiary/aromatic N) is 3. The standard InChI is InChI=1S/C23H31F3N4O2S2/c1-15-27-18(13-33-15)12-21(31)28-17-4-2-16(3-5-17)6-9-30-10-7-19-20(8-11-30)34-22(29-19)32-14-23(24,25)26/h13,16-17H,2-12,14H2,1H3,(H,28,31)/t16-,17-. The molecule has 1 fully saturated rings. The molecule has 0 spiro atoms. The van der Waals surface area contributed by atoms with E-state index in [1.165, 1.54) is 11.3 Å². The van der Waals surface area contributed by atoms with Crippen molar-refractivity contribution in [2.75, 3.05) is 26.2 Å². The lowest BCUT2D eigenvalue weighted by Crippen LogP contribution is -2.39. The predicted molar refractivity (Wildman–Crippen MR) is 127 cm³/mol. The molecule has 1 aliphatic carbocycles. The highest BCUT2D eigenvalue weighted by Crippen LogP contribution is 2.31. The second kappa shape index (κ2) is 11.3. The Kier molecular flexibility index (Phi) is 8.47. The first-order valence-corrected chi connectivity index (χ1v) is 13.5. The Morgan fingerprint density at radius 1 is 1.21 bits per heavy atom. The topological polar surface area (TPSA) is 67.4 Å². The number of carbonyl (C=O) groups excluding carboxylic acids is 1. The van der Waals surface area contributed by atoms with E-state index >= 15 is 0 Å². The van der Waals surface area contributed by atoms with Crippen molar-refractivity contribution < 1.29 is 22.7 Å². The van der Waals surface area contributed by atoms with Gasteiger partial charge in [-0.2, -0.15) is 13.2 Å². The lowest BCUT2D eigenvalue weighted by atomic mass is 9.84. The van der Waals surface area contributed by atoms with Gasteiger partial charge in [-0.05, 0) is 57.9 Å². The second-order valence-electron chi connectivity index (χ2n) is 9.20. The maximum Gasteiger partial charge on any atom is 0.422 e. The second-order valence-corrected chi connectivity index (χ2v) is 11.3. The highest BCUT2D eigenvalue weighted by atomic mass is 32.1. The number of halogens is 3. The number of nitrogens with one attached hydrogen (secondary N) is 1. The maximum absolute atomic E-state index is 12.4.